The predicted molar refractivity (Wildman–Crippen MR) is 61.7 cm³/mol. The SMILES string of the molecule is Fc1cccc(Oc2cc[c]c(Cl)c2Cl)c1F. The van der Waals surface area contributed by atoms with Gasteiger partial charge >= 0.3 is 0 Å². The van der Waals surface area contributed by atoms with E-state index in [4.69, 9.17) is 27.9 Å². The Morgan fingerprint density at radius 1 is 1.06 bits per heavy atom. The lowest BCUT2D eigenvalue weighted by molar-refractivity contribution is 0.416. The summed E-state index contributed by atoms with van der Waals surface area (Å²) in [6.07, 6.45) is 0. The molecule has 5 heteroatoms. The second-order valence-electron chi connectivity index (χ2n) is 3.12. The highest BCUT2D eigenvalue weighted by Crippen LogP contribution is 2.35. The number of ether oxygens (including phenoxy) is 1. The van der Waals surface area contributed by atoms with Crippen LogP contribution in [0.3, 0.4) is 0 Å². The van der Waals surface area contributed by atoms with Crippen LogP contribution in [0.25, 0.3) is 0 Å². The zero-order valence-electron chi connectivity index (χ0n) is 8.31. The topological polar surface area (TPSA) is 9.23 Å². The van der Waals surface area contributed by atoms with E-state index in [1.54, 1.807) is 0 Å². The average Bonchev–Trinajstić information content (AvgIpc) is 2.31. The van der Waals surface area contributed by atoms with Crippen molar-refractivity contribution in [2.45, 2.75) is 0 Å². The normalized spacial score (nSPS) is 10.4. The van der Waals surface area contributed by atoms with E-state index in [0.717, 1.165) is 6.07 Å². The first-order valence-electron chi connectivity index (χ1n) is 4.57. The summed E-state index contributed by atoms with van der Waals surface area (Å²) in [6, 6.07) is 9.19. The Morgan fingerprint density at radius 2 is 1.82 bits per heavy atom. The third-order valence-corrected chi connectivity index (χ3v) is 2.76. The number of rotatable bonds is 2. The van der Waals surface area contributed by atoms with Gasteiger partial charge in [-0.25, -0.2) is 4.39 Å². The van der Waals surface area contributed by atoms with Gasteiger partial charge < -0.3 is 4.74 Å². The number of hydrogen-bond acceptors (Lipinski definition) is 1. The Kier molecular flexibility index (Phi) is 3.50. The van der Waals surface area contributed by atoms with Crippen molar-refractivity contribution in [1.29, 1.82) is 0 Å². The third kappa shape index (κ3) is 2.51. The minimum Gasteiger partial charge on any atom is -0.453 e. The summed E-state index contributed by atoms with van der Waals surface area (Å²) in [6.45, 7) is 0. The summed E-state index contributed by atoms with van der Waals surface area (Å²) in [5.41, 5.74) is 0. The molecule has 0 aliphatic heterocycles. The highest BCUT2D eigenvalue weighted by Gasteiger charge is 2.12. The molecule has 2 aromatic rings. The van der Waals surface area contributed by atoms with E-state index in [1.165, 1.54) is 24.3 Å². The van der Waals surface area contributed by atoms with Crippen LogP contribution in [0.4, 0.5) is 8.78 Å². The molecule has 87 valence electrons. The lowest BCUT2D eigenvalue weighted by Gasteiger charge is -2.09. The minimum atomic E-state index is -1.08. The average molecular weight is 274 g/mol. The Labute approximate surface area is 107 Å². The van der Waals surface area contributed by atoms with E-state index in [-0.39, 0.29) is 21.5 Å². The van der Waals surface area contributed by atoms with Gasteiger partial charge in [-0.05, 0) is 24.3 Å². The van der Waals surface area contributed by atoms with Crippen LogP contribution in [0, 0.1) is 17.7 Å². The van der Waals surface area contributed by atoms with Gasteiger partial charge in [0, 0.05) is 6.07 Å². The standard InChI is InChI=1S/C12H5Cl2F2O/c13-7-3-1-5-9(11(7)14)17-10-6-2-4-8(15)12(10)16/h1-2,4-6H. The lowest BCUT2D eigenvalue weighted by Crippen LogP contribution is -1.92. The molecule has 0 aromatic heterocycles. The molecule has 1 nitrogen and oxygen atoms in total. The molecule has 0 unspecified atom stereocenters. The molecule has 0 fully saturated rings. The Hall–Kier alpha value is -1.32. The predicted octanol–water partition coefficient (Wildman–Crippen LogP) is 4.86. The highest BCUT2D eigenvalue weighted by atomic mass is 35.5. The van der Waals surface area contributed by atoms with Crippen LogP contribution in [-0.2, 0) is 0 Å². The van der Waals surface area contributed by atoms with Crippen LogP contribution in [0.1, 0.15) is 0 Å². The second-order valence-corrected chi connectivity index (χ2v) is 3.88. The molecule has 0 heterocycles. The highest BCUT2D eigenvalue weighted by molar-refractivity contribution is 6.42. The van der Waals surface area contributed by atoms with Gasteiger partial charge in [-0.2, -0.15) is 4.39 Å². The van der Waals surface area contributed by atoms with Crippen molar-refractivity contribution in [3.63, 3.8) is 0 Å². The van der Waals surface area contributed by atoms with Crippen LogP contribution in [-0.4, -0.2) is 0 Å². The molecule has 0 spiro atoms. The molecule has 0 bridgehead atoms. The Bertz CT molecular complexity index is 509. The summed E-state index contributed by atoms with van der Waals surface area (Å²) in [7, 11) is 0. The van der Waals surface area contributed by atoms with E-state index in [0.29, 0.717) is 0 Å². The van der Waals surface area contributed by atoms with Gasteiger partial charge in [0.1, 0.15) is 10.8 Å². The van der Waals surface area contributed by atoms with Gasteiger partial charge in [-0.15, -0.1) is 0 Å². The maximum absolute atomic E-state index is 13.3. The van der Waals surface area contributed by atoms with E-state index >= 15 is 0 Å². The third-order valence-electron chi connectivity index (χ3n) is 1.99. The first-order valence-corrected chi connectivity index (χ1v) is 5.32. The van der Waals surface area contributed by atoms with Crippen molar-refractivity contribution in [1.82, 2.24) is 0 Å². The molecular formula is C12H5Cl2F2O. The molecule has 1 radical (unpaired) electrons. The van der Waals surface area contributed by atoms with Crippen LogP contribution < -0.4 is 4.74 Å². The molecule has 0 atom stereocenters. The number of halogens is 4. The monoisotopic (exact) mass is 273 g/mol. The minimum absolute atomic E-state index is 0.0952. The van der Waals surface area contributed by atoms with Gasteiger partial charge in [0.25, 0.3) is 0 Å². The lowest BCUT2D eigenvalue weighted by atomic mass is 10.3. The van der Waals surface area contributed by atoms with Gasteiger partial charge in [0.05, 0.1) is 5.02 Å². The Balaban J connectivity index is 2.38. The van der Waals surface area contributed by atoms with E-state index in [9.17, 15) is 8.78 Å². The molecule has 17 heavy (non-hydrogen) atoms. The molecule has 0 aliphatic rings. The fourth-order valence-electron chi connectivity index (χ4n) is 1.20. The van der Waals surface area contributed by atoms with Crippen molar-refractivity contribution in [2.24, 2.45) is 0 Å². The van der Waals surface area contributed by atoms with E-state index in [2.05, 4.69) is 6.07 Å². The quantitative estimate of drug-likeness (QED) is 0.759. The van der Waals surface area contributed by atoms with Crippen molar-refractivity contribution in [2.75, 3.05) is 0 Å². The summed E-state index contributed by atoms with van der Waals surface area (Å²) in [4.78, 5) is 0. The number of hydrogen-bond donors (Lipinski definition) is 0. The first kappa shape index (κ1) is 12.1. The second kappa shape index (κ2) is 4.90. The zero-order valence-corrected chi connectivity index (χ0v) is 9.82. The summed E-state index contributed by atoms with van der Waals surface area (Å²) in [5.74, 6) is -2.19. The van der Waals surface area contributed by atoms with Crippen molar-refractivity contribution < 1.29 is 13.5 Å². The van der Waals surface area contributed by atoms with E-state index in [1.807, 2.05) is 0 Å². The van der Waals surface area contributed by atoms with Crippen LogP contribution in [0.2, 0.25) is 10.0 Å². The smallest absolute Gasteiger partial charge is 0.201 e. The molecule has 0 saturated carbocycles. The van der Waals surface area contributed by atoms with Crippen LogP contribution in [0.5, 0.6) is 11.5 Å². The molecule has 0 N–H and O–H groups in total. The maximum atomic E-state index is 13.3. The molecule has 0 aliphatic carbocycles. The Morgan fingerprint density at radius 3 is 2.59 bits per heavy atom. The summed E-state index contributed by atoms with van der Waals surface area (Å²) >= 11 is 11.5. The van der Waals surface area contributed by atoms with Crippen molar-refractivity contribution >= 4 is 23.2 Å². The van der Waals surface area contributed by atoms with Gasteiger partial charge in [0.2, 0.25) is 5.82 Å². The number of benzene rings is 2. The van der Waals surface area contributed by atoms with Gasteiger partial charge in [-0.1, -0.05) is 29.3 Å². The molecule has 2 rings (SSSR count). The van der Waals surface area contributed by atoms with Crippen molar-refractivity contribution in [3.8, 4) is 11.5 Å². The zero-order chi connectivity index (χ0) is 12.4. The maximum Gasteiger partial charge on any atom is 0.201 e. The fraction of sp³-hybridized carbons (Fsp3) is 0. The van der Waals surface area contributed by atoms with Crippen LogP contribution >= 0.6 is 23.2 Å². The first-order chi connectivity index (χ1) is 8.09. The fourth-order valence-corrected chi connectivity index (χ4v) is 1.51. The van der Waals surface area contributed by atoms with Gasteiger partial charge in [0.15, 0.2) is 11.6 Å². The summed E-state index contributed by atoms with van der Waals surface area (Å²) < 4.78 is 31.4. The van der Waals surface area contributed by atoms with Gasteiger partial charge in [-0.3, -0.25) is 0 Å². The largest absolute Gasteiger partial charge is 0.453 e. The molecule has 0 amide bonds. The molecule has 2 aromatic carbocycles. The summed E-state index contributed by atoms with van der Waals surface area (Å²) in [5, 5.41) is 0.249. The molecular weight excluding hydrogens is 269 g/mol. The van der Waals surface area contributed by atoms with E-state index < -0.39 is 11.6 Å². The molecule has 0 saturated heterocycles. The van der Waals surface area contributed by atoms with Crippen LogP contribution in [0.15, 0.2) is 30.3 Å². The van der Waals surface area contributed by atoms with Crippen molar-refractivity contribution in [3.05, 3.63) is 58.1 Å².